The lowest BCUT2D eigenvalue weighted by molar-refractivity contribution is -0.170. The van der Waals surface area contributed by atoms with E-state index in [4.69, 9.17) is 9.47 Å². The minimum atomic E-state index is -2.24. The molecule has 0 spiro atoms. The quantitative estimate of drug-likeness (QED) is 0.417. The smallest absolute Gasteiger partial charge is 0.338 e. The molecule has 1 aromatic heterocycles. The molecule has 0 radical (unpaired) electrons. The van der Waals surface area contributed by atoms with E-state index >= 15 is 4.39 Å². The van der Waals surface area contributed by atoms with Gasteiger partial charge in [-0.05, 0) is 19.1 Å². The number of nitrogens with one attached hydrogen (secondary N) is 1. The molecule has 0 bridgehead atoms. The predicted molar refractivity (Wildman–Crippen MR) is 99.2 cm³/mol. The molecule has 1 aliphatic heterocycles. The van der Waals surface area contributed by atoms with Crippen molar-refractivity contribution in [2.75, 3.05) is 4.43 Å². The molecular formula is C17H16FIN2O5. The predicted octanol–water partition coefficient (Wildman–Crippen LogP) is 2.09. The Balaban J connectivity index is 1.86. The summed E-state index contributed by atoms with van der Waals surface area (Å²) in [6, 6.07) is 8.23. The molecule has 0 saturated carbocycles. The minimum absolute atomic E-state index is 0.0521. The van der Waals surface area contributed by atoms with Gasteiger partial charge >= 0.3 is 11.7 Å². The summed E-state index contributed by atoms with van der Waals surface area (Å²) < 4.78 is 26.9. The van der Waals surface area contributed by atoms with Gasteiger partial charge < -0.3 is 9.47 Å². The van der Waals surface area contributed by atoms with Crippen molar-refractivity contribution >= 4 is 28.6 Å². The first-order valence-electron chi connectivity index (χ1n) is 7.85. The molecule has 26 heavy (non-hydrogen) atoms. The van der Waals surface area contributed by atoms with Crippen molar-refractivity contribution in [2.45, 2.75) is 31.5 Å². The molecule has 2 heterocycles. The van der Waals surface area contributed by atoms with Crippen LogP contribution in [0.25, 0.3) is 0 Å². The number of esters is 1. The Morgan fingerprint density at radius 2 is 2.12 bits per heavy atom. The van der Waals surface area contributed by atoms with E-state index in [1.165, 1.54) is 13.1 Å². The van der Waals surface area contributed by atoms with Gasteiger partial charge in [0.15, 0.2) is 6.10 Å². The second-order valence-electron chi connectivity index (χ2n) is 5.97. The van der Waals surface area contributed by atoms with Gasteiger partial charge in [0.2, 0.25) is 0 Å². The first-order chi connectivity index (χ1) is 12.3. The molecule has 0 amide bonds. The van der Waals surface area contributed by atoms with Gasteiger partial charge in [0, 0.05) is 18.2 Å². The van der Waals surface area contributed by atoms with E-state index in [0.717, 1.165) is 4.57 Å². The van der Waals surface area contributed by atoms with Gasteiger partial charge in [-0.15, -0.1) is 0 Å². The van der Waals surface area contributed by atoms with Crippen molar-refractivity contribution in [2.24, 2.45) is 0 Å². The normalized spacial score (nSPS) is 25.2. The van der Waals surface area contributed by atoms with Gasteiger partial charge in [0.1, 0.15) is 6.23 Å². The summed E-state index contributed by atoms with van der Waals surface area (Å²) in [4.78, 5) is 37.9. The van der Waals surface area contributed by atoms with Crippen LogP contribution in [0.4, 0.5) is 4.39 Å². The monoisotopic (exact) mass is 474 g/mol. The van der Waals surface area contributed by atoms with Gasteiger partial charge in [0.25, 0.3) is 11.4 Å². The number of halogens is 2. The van der Waals surface area contributed by atoms with Crippen LogP contribution in [-0.4, -0.2) is 31.9 Å². The molecule has 1 aliphatic rings. The molecule has 3 rings (SSSR count). The minimum Gasteiger partial charge on any atom is -0.452 e. The number of ether oxygens (including phenoxy) is 2. The zero-order valence-corrected chi connectivity index (χ0v) is 15.9. The summed E-state index contributed by atoms with van der Waals surface area (Å²) in [5.74, 6) is -2.91. The fourth-order valence-corrected chi connectivity index (χ4v) is 3.38. The number of carbonyl (C=O) groups is 1. The van der Waals surface area contributed by atoms with E-state index in [1.54, 1.807) is 52.9 Å². The van der Waals surface area contributed by atoms with E-state index in [1.807, 2.05) is 0 Å². The number of H-pyrrole nitrogens is 1. The molecule has 7 nitrogen and oxygen atoms in total. The maximum atomic E-state index is 15.1. The number of carbonyl (C=O) groups excluding carboxylic acids is 1. The van der Waals surface area contributed by atoms with Crippen LogP contribution in [0.1, 0.15) is 28.6 Å². The second kappa shape index (κ2) is 7.31. The molecule has 3 atom stereocenters. The van der Waals surface area contributed by atoms with Gasteiger partial charge in [-0.25, -0.2) is 14.0 Å². The van der Waals surface area contributed by atoms with E-state index in [9.17, 15) is 14.4 Å². The summed E-state index contributed by atoms with van der Waals surface area (Å²) in [6.45, 7) is 1.53. The van der Waals surface area contributed by atoms with Gasteiger partial charge in [-0.3, -0.25) is 14.3 Å². The number of aryl methyl sites for hydroxylation is 1. The van der Waals surface area contributed by atoms with Crippen LogP contribution < -0.4 is 11.2 Å². The number of nitrogens with zero attached hydrogens (tertiary/aromatic N) is 1. The van der Waals surface area contributed by atoms with Crippen LogP contribution in [-0.2, 0) is 9.47 Å². The number of hydrogen-bond acceptors (Lipinski definition) is 5. The fourth-order valence-electron chi connectivity index (χ4n) is 2.70. The fraction of sp³-hybridized carbons (Fsp3) is 0.353. The van der Waals surface area contributed by atoms with E-state index < -0.39 is 35.4 Å². The Morgan fingerprint density at radius 1 is 1.42 bits per heavy atom. The summed E-state index contributed by atoms with van der Waals surface area (Å²) >= 11 is 1.80. The van der Waals surface area contributed by atoms with E-state index in [2.05, 4.69) is 4.98 Å². The Morgan fingerprint density at radius 3 is 2.77 bits per heavy atom. The van der Waals surface area contributed by atoms with Crippen molar-refractivity contribution in [3.63, 3.8) is 0 Å². The molecule has 1 saturated heterocycles. The first kappa shape index (κ1) is 18.8. The topological polar surface area (TPSA) is 90.4 Å². The van der Waals surface area contributed by atoms with Crippen LogP contribution in [0, 0.1) is 6.92 Å². The molecule has 1 aromatic carbocycles. The molecular weight excluding hydrogens is 458 g/mol. The number of alkyl halides is 2. The van der Waals surface area contributed by atoms with E-state index in [0.29, 0.717) is 5.56 Å². The standard InChI is InChI=1S/C17H16FIN2O5/c1-10-8-21(16(24)20-14(10)22)13-7-12(17(18,9-19)26-13)25-15(23)11-5-3-2-4-6-11/h2-6,8,12-13H,7,9H2,1H3,(H,20,22,24)/t12?,13-,17-/m1/s1. The number of aromatic nitrogens is 2. The largest absolute Gasteiger partial charge is 0.452 e. The number of hydrogen-bond donors (Lipinski definition) is 1. The van der Waals surface area contributed by atoms with Crippen molar-refractivity contribution < 1.29 is 18.7 Å². The third-order valence-corrected chi connectivity index (χ3v) is 5.17. The highest BCUT2D eigenvalue weighted by atomic mass is 127. The summed E-state index contributed by atoms with van der Waals surface area (Å²) in [5.41, 5.74) is -0.645. The lowest BCUT2D eigenvalue weighted by Crippen LogP contribution is -2.39. The SMILES string of the molecule is Cc1cn([C@H]2CC(OC(=O)c3ccccc3)[C@@](F)(CI)O2)c(=O)[nH]c1=O. The van der Waals surface area contributed by atoms with E-state index in [-0.39, 0.29) is 16.4 Å². The van der Waals surface area contributed by atoms with Crippen molar-refractivity contribution in [3.8, 4) is 0 Å². The molecule has 2 aromatic rings. The molecule has 0 aliphatic carbocycles. The summed E-state index contributed by atoms with van der Waals surface area (Å²) in [7, 11) is 0. The zero-order valence-electron chi connectivity index (χ0n) is 13.8. The number of aromatic amines is 1. The molecule has 1 unspecified atom stereocenters. The first-order valence-corrected chi connectivity index (χ1v) is 9.37. The van der Waals surface area contributed by atoms with Crippen LogP contribution in [0.2, 0.25) is 0 Å². The maximum Gasteiger partial charge on any atom is 0.338 e. The third kappa shape index (κ3) is 3.58. The second-order valence-corrected chi connectivity index (χ2v) is 6.73. The molecule has 1 fully saturated rings. The third-order valence-electron chi connectivity index (χ3n) is 4.13. The highest BCUT2D eigenvalue weighted by Crippen LogP contribution is 2.40. The Hall–Kier alpha value is -2.01. The van der Waals surface area contributed by atoms with Crippen molar-refractivity contribution in [1.29, 1.82) is 0 Å². The highest BCUT2D eigenvalue weighted by molar-refractivity contribution is 14.1. The van der Waals surface area contributed by atoms with Crippen LogP contribution >= 0.6 is 22.6 Å². The lowest BCUT2D eigenvalue weighted by atomic mass is 10.1. The number of benzene rings is 1. The molecule has 1 N–H and O–H groups in total. The lowest BCUT2D eigenvalue weighted by Gasteiger charge is -2.23. The Bertz CT molecular complexity index is 929. The average Bonchev–Trinajstić information content (AvgIpc) is 2.96. The summed E-state index contributed by atoms with van der Waals surface area (Å²) in [5, 5.41) is 0. The average molecular weight is 474 g/mol. The molecule has 9 heteroatoms. The van der Waals surface area contributed by atoms with Gasteiger partial charge in [0.05, 0.1) is 9.99 Å². The number of rotatable bonds is 4. The Kier molecular flexibility index (Phi) is 5.28. The van der Waals surface area contributed by atoms with Crippen LogP contribution in [0.5, 0.6) is 0 Å². The van der Waals surface area contributed by atoms with Crippen molar-refractivity contribution in [3.05, 3.63) is 68.5 Å². The van der Waals surface area contributed by atoms with Gasteiger partial charge in [-0.1, -0.05) is 40.8 Å². The van der Waals surface area contributed by atoms with Crippen molar-refractivity contribution in [1.82, 2.24) is 9.55 Å². The van der Waals surface area contributed by atoms with Crippen LogP contribution in [0.15, 0.2) is 46.1 Å². The highest BCUT2D eigenvalue weighted by Gasteiger charge is 2.52. The van der Waals surface area contributed by atoms with Crippen LogP contribution in [0.3, 0.4) is 0 Å². The van der Waals surface area contributed by atoms with Gasteiger partial charge in [-0.2, -0.15) is 0 Å². The molecule has 138 valence electrons. The Labute approximate surface area is 161 Å². The maximum absolute atomic E-state index is 15.1. The summed E-state index contributed by atoms with van der Waals surface area (Å²) in [6.07, 6.45) is -0.924. The zero-order chi connectivity index (χ0) is 18.9.